The van der Waals surface area contributed by atoms with Crippen molar-refractivity contribution in [3.05, 3.63) is 71.8 Å². The summed E-state index contributed by atoms with van der Waals surface area (Å²) in [5.41, 5.74) is 4.06. The number of hydrazone groups is 1. The summed E-state index contributed by atoms with van der Waals surface area (Å²) in [6, 6.07) is 17.7. The topological polar surface area (TPSA) is 99.1 Å². The standard InChI is InChI=1S/C21H21N3O4S/c1-15-6-5-8-17(12-15)24(29(2,27)28)14-21(26)23-22-13-19-18-9-4-3-7-16(18)10-11-20(19)25/h3-13,25H,14H2,1-2H3,(H,23,26)/b22-13-. The molecule has 1 amide bonds. The molecule has 0 spiro atoms. The van der Waals surface area contributed by atoms with Gasteiger partial charge in [-0.05, 0) is 41.5 Å². The van der Waals surface area contributed by atoms with Gasteiger partial charge >= 0.3 is 0 Å². The van der Waals surface area contributed by atoms with Crippen LogP contribution in [0.2, 0.25) is 0 Å². The molecule has 0 aliphatic carbocycles. The third kappa shape index (κ3) is 4.91. The first-order valence-corrected chi connectivity index (χ1v) is 10.7. The predicted molar refractivity (Wildman–Crippen MR) is 115 cm³/mol. The fourth-order valence-electron chi connectivity index (χ4n) is 2.94. The van der Waals surface area contributed by atoms with Gasteiger partial charge in [0, 0.05) is 5.56 Å². The van der Waals surface area contributed by atoms with Gasteiger partial charge in [0.25, 0.3) is 5.91 Å². The van der Waals surface area contributed by atoms with Crippen molar-refractivity contribution in [3.8, 4) is 5.75 Å². The van der Waals surface area contributed by atoms with Gasteiger partial charge in [0.2, 0.25) is 10.0 Å². The Bertz CT molecular complexity index is 1190. The number of carbonyl (C=O) groups excluding carboxylic acids is 1. The van der Waals surface area contributed by atoms with Gasteiger partial charge in [-0.1, -0.05) is 42.5 Å². The number of amides is 1. The number of sulfonamides is 1. The Kier molecular flexibility index (Phi) is 5.84. The van der Waals surface area contributed by atoms with E-state index in [1.54, 1.807) is 30.3 Å². The van der Waals surface area contributed by atoms with Crippen LogP contribution in [0.1, 0.15) is 11.1 Å². The van der Waals surface area contributed by atoms with E-state index in [1.165, 1.54) is 6.21 Å². The zero-order valence-corrected chi connectivity index (χ0v) is 16.8. The van der Waals surface area contributed by atoms with E-state index in [0.29, 0.717) is 11.3 Å². The van der Waals surface area contributed by atoms with Crippen LogP contribution in [0.25, 0.3) is 10.8 Å². The second-order valence-electron chi connectivity index (χ2n) is 6.62. The molecule has 7 nitrogen and oxygen atoms in total. The molecule has 0 saturated heterocycles. The summed E-state index contributed by atoms with van der Waals surface area (Å²) in [5, 5.41) is 15.7. The summed E-state index contributed by atoms with van der Waals surface area (Å²) < 4.78 is 25.3. The number of aryl methyl sites for hydroxylation is 1. The normalized spacial score (nSPS) is 11.7. The van der Waals surface area contributed by atoms with Crippen molar-refractivity contribution in [2.45, 2.75) is 6.92 Å². The highest BCUT2D eigenvalue weighted by atomic mass is 32.2. The zero-order chi connectivity index (χ0) is 21.0. The minimum atomic E-state index is -3.66. The van der Waals surface area contributed by atoms with Crippen LogP contribution >= 0.6 is 0 Å². The van der Waals surface area contributed by atoms with Crippen molar-refractivity contribution in [1.29, 1.82) is 0 Å². The lowest BCUT2D eigenvalue weighted by Gasteiger charge is -2.21. The van der Waals surface area contributed by atoms with Gasteiger partial charge in [-0.25, -0.2) is 13.8 Å². The Morgan fingerprint density at radius 3 is 2.62 bits per heavy atom. The number of hydrogen-bond donors (Lipinski definition) is 2. The number of phenols is 1. The quantitative estimate of drug-likeness (QED) is 0.481. The average molecular weight is 411 g/mol. The molecule has 0 heterocycles. The van der Waals surface area contributed by atoms with E-state index < -0.39 is 22.5 Å². The molecule has 3 rings (SSSR count). The second kappa shape index (κ2) is 8.32. The molecular formula is C21H21N3O4S. The number of phenolic OH excluding ortho intramolecular Hbond substituents is 1. The summed E-state index contributed by atoms with van der Waals surface area (Å²) in [5.74, 6) is -0.577. The third-order valence-electron chi connectivity index (χ3n) is 4.31. The van der Waals surface area contributed by atoms with E-state index >= 15 is 0 Å². The summed E-state index contributed by atoms with van der Waals surface area (Å²) in [7, 11) is -3.66. The van der Waals surface area contributed by atoms with Crippen molar-refractivity contribution >= 4 is 38.6 Å². The number of benzene rings is 3. The number of hydrogen-bond acceptors (Lipinski definition) is 5. The first kappa shape index (κ1) is 20.3. The Hall–Kier alpha value is -3.39. The van der Waals surface area contributed by atoms with Crippen molar-refractivity contribution in [1.82, 2.24) is 5.43 Å². The molecular weight excluding hydrogens is 390 g/mol. The lowest BCUT2D eigenvalue weighted by atomic mass is 10.0. The highest BCUT2D eigenvalue weighted by molar-refractivity contribution is 7.92. The Morgan fingerprint density at radius 2 is 1.90 bits per heavy atom. The fraction of sp³-hybridized carbons (Fsp3) is 0.143. The summed E-state index contributed by atoms with van der Waals surface area (Å²) >= 11 is 0. The molecule has 0 radical (unpaired) electrons. The van der Waals surface area contributed by atoms with E-state index in [1.807, 2.05) is 37.3 Å². The molecule has 0 saturated carbocycles. The smallest absolute Gasteiger partial charge is 0.260 e. The van der Waals surface area contributed by atoms with Gasteiger partial charge in [0.05, 0.1) is 18.2 Å². The molecule has 2 N–H and O–H groups in total. The van der Waals surface area contributed by atoms with Crippen LogP contribution in [0.3, 0.4) is 0 Å². The van der Waals surface area contributed by atoms with E-state index in [2.05, 4.69) is 10.5 Å². The van der Waals surface area contributed by atoms with Gasteiger partial charge in [-0.15, -0.1) is 0 Å². The van der Waals surface area contributed by atoms with Crippen LogP contribution < -0.4 is 9.73 Å². The second-order valence-corrected chi connectivity index (χ2v) is 8.53. The number of fused-ring (bicyclic) bond motifs is 1. The number of nitrogens with zero attached hydrogens (tertiary/aromatic N) is 2. The minimum Gasteiger partial charge on any atom is -0.507 e. The molecule has 3 aromatic carbocycles. The van der Waals surface area contributed by atoms with Crippen LogP contribution in [0, 0.1) is 6.92 Å². The van der Waals surface area contributed by atoms with Crippen LogP contribution in [0.5, 0.6) is 5.75 Å². The summed E-state index contributed by atoms with van der Waals surface area (Å²) in [4.78, 5) is 12.3. The van der Waals surface area contributed by atoms with E-state index in [0.717, 1.165) is 26.9 Å². The Balaban J connectivity index is 1.77. The monoisotopic (exact) mass is 411 g/mol. The molecule has 0 fully saturated rings. The first-order valence-electron chi connectivity index (χ1n) is 8.83. The number of rotatable bonds is 6. The maximum atomic E-state index is 12.3. The number of anilines is 1. The highest BCUT2D eigenvalue weighted by Crippen LogP contribution is 2.25. The maximum Gasteiger partial charge on any atom is 0.260 e. The van der Waals surface area contributed by atoms with Gasteiger partial charge in [0.1, 0.15) is 12.3 Å². The van der Waals surface area contributed by atoms with E-state index in [9.17, 15) is 18.3 Å². The van der Waals surface area contributed by atoms with Crippen molar-refractivity contribution < 1.29 is 18.3 Å². The molecule has 0 aliphatic rings. The fourth-order valence-corrected chi connectivity index (χ4v) is 3.79. The number of nitrogens with one attached hydrogen (secondary N) is 1. The summed E-state index contributed by atoms with van der Waals surface area (Å²) in [6.07, 6.45) is 2.38. The average Bonchev–Trinajstić information content (AvgIpc) is 2.67. The molecule has 0 atom stereocenters. The maximum absolute atomic E-state index is 12.3. The number of carbonyl (C=O) groups is 1. The van der Waals surface area contributed by atoms with Crippen LogP contribution in [0.4, 0.5) is 5.69 Å². The van der Waals surface area contributed by atoms with E-state index in [4.69, 9.17) is 0 Å². The SMILES string of the molecule is Cc1cccc(N(CC(=O)N/N=C\c2c(O)ccc3ccccc23)S(C)(=O)=O)c1. The first-order chi connectivity index (χ1) is 13.8. The lowest BCUT2D eigenvalue weighted by molar-refractivity contribution is -0.119. The van der Waals surface area contributed by atoms with Crippen molar-refractivity contribution in [2.24, 2.45) is 5.10 Å². The molecule has 0 unspecified atom stereocenters. The van der Waals surface area contributed by atoms with Crippen molar-refractivity contribution in [3.63, 3.8) is 0 Å². The van der Waals surface area contributed by atoms with Gasteiger partial charge in [0.15, 0.2) is 0 Å². The van der Waals surface area contributed by atoms with Crippen LogP contribution in [-0.2, 0) is 14.8 Å². The zero-order valence-electron chi connectivity index (χ0n) is 16.0. The van der Waals surface area contributed by atoms with Crippen LogP contribution in [0.15, 0.2) is 65.8 Å². The van der Waals surface area contributed by atoms with Gasteiger partial charge < -0.3 is 5.11 Å². The molecule has 0 aliphatic heterocycles. The molecule has 3 aromatic rings. The van der Waals surface area contributed by atoms with Crippen molar-refractivity contribution in [2.75, 3.05) is 17.1 Å². The molecule has 29 heavy (non-hydrogen) atoms. The molecule has 0 aromatic heterocycles. The lowest BCUT2D eigenvalue weighted by Crippen LogP contribution is -2.39. The minimum absolute atomic E-state index is 0.0271. The predicted octanol–water partition coefficient (Wildman–Crippen LogP) is 2.77. The van der Waals surface area contributed by atoms with Gasteiger partial charge in [-0.2, -0.15) is 5.10 Å². The third-order valence-corrected chi connectivity index (χ3v) is 5.45. The van der Waals surface area contributed by atoms with Crippen LogP contribution in [-0.4, -0.2) is 38.4 Å². The molecule has 8 heteroatoms. The number of aromatic hydroxyl groups is 1. The summed E-state index contributed by atoms with van der Waals surface area (Å²) in [6.45, 7) is 1.42. The van der Waals surface area contributed by atoms with Gasteiger partial charge in [-0.3, -0.25) is 9.10 Å². The largest absolute Gasteiger partial charge is 0.507 e. The Labute approximate surface area is 169 Å². The van der Waals surface area contributed by atoms with E-state index in [-0.39, 0.29) is 5.75 Å². The molecule has 0 bridgehead atoms. The Morgan fingerprint density at radius 1 is 1.14 bits per heavy atom. The highest BCUT2D eigenvalue weighted by Gasteiger charge is 2.20. The molecule has 150 valence electrons.